The molecule has 0 fully saturated rings. The molecule has 1 aromatic carbocycles. The fourth-order valence-corrected chi connectivity index (χ4v) is 2.14. The summed E-state index contributed by atoms with van der Waals surface area (Å²) in [6.45, 7) is 0.197. The normalized spacial score (nSPS) is 10.2. The number of carboxylic acid groups (broad SMARTS) is 1. The summed E-state index contributed by atoms with van der Waals surface area (Å²) in [5, 5.41) is 9.61. The van der Waals surface area contributed by atoms with Gasteiger partial charge in [0.15, 0.2) is 0 Å². The molecule has 0 unspecified atom stereocenters. The first-order chi connectivity index (χ1) is 9.08. The fourth-order valence-electron chi connectivity index (χ4n) is 1.47. The molecule has 0 spiro atoms. The Bertz CT molecular complexity index is 619. The largest absolute Gasteiger partial charge is 0.488 e. The molecule has 1 heterocycles. The SMILES string of the molecule is O=C(O)c1cc(I)ccc1OCc1ccncc1Cl. The predicted octanol–water partition coefficient (Wildman–Crippen LogP) is 3.62. The van der Waals surface area contributed by atoms with E-state index in [1.807, 2.05) is 0 Å². The number of ether oxygens (including phenoxy) is 1. The quantitative estimate of drug-likeness (QED) is 0.812. The van der Waals surface area contributed by atoms with Crippen molar-refractivity contribution in [2.24, 2.45) is 0 Å². The van der Waals surface area contributed by atoms with E-state index in [-0.39, 0.29) is 12.2 Å². The number of carboxylic acids is 1. The Hall–Kier alpha value is -1.34. The van der Waals surface area contributed by atoms with Gasteiger partial charge in [0.2, 0.25) is 0 Å². The molecule has 0 bridgehead atoms. The molecule has 0 aliphatic rings. The van der Waals surface area contributed by atoms with Crippen LogP contribution in [0.2, 0.25) is 5.02 Å². The van der Waals surface area contributed by atoms with Crippen molar-refractivity contribution in [1.29, 1.82) is 0 Å². The number of rotatable bonds is 4. The average molecular weight is 390 g/mol. The first kappa shape index (κ1) is 14.1. The van der Waals surface area contributed by atoms with Crippen LogP contribution in [0.15, 0.2) is 36.7 Å². The topological polar surface area (TPSA) is 59.4 Å². The van der Waals surface area contributed by atoms with Gasteiger partial charge in [-0.1, -0.05) is 11.6 Å². The third-order valence-corrected chi connectivity index (χ3v) is 3.42. The van der Waals surface area contributed by atoms with E-state index in [1.54, 1.807) is 30.5 Å². The van der Waals surface area contributed by atoms with Crippen LogP contribution in [0.25, 0.3) is 0 Å². The van der Waals surface area contributed by atoms with E-state index in [1.165, 1.54) is 6.20 Å². The van der Waals surface area contributed by atoms with Crippen LogP contribution >= 0.6 is 34.2 Å². The van der Waals surface area contributed by atoms with Crippen LogP contribution in [0.5, 0.6) is 5.75 Å². The van der Waals surface area contributed by atoms with E-state index < -0.39 is 5.97 Å². The highest BCUT2D eigenvalue weighted by Gasteiger charge is 2.12. The number of halogens is 2. The lowest BCUT2D eigenvalue weighted by molar-refractivity contribution is 0.0691. The first-order valence-electron chi connectivity index (χ1n) is 5.32. The average Bonchev–Trinajstić information content (AvgIpc) is 2.38. The van der Waals surface area contributed by atoms with Crippen LogP contribution in [0.3, 0.4) is 0 Å². The molecule has 0 aliphatic heterocycles. The molecule has 0 atom stereocenters. The Kier molecular flexibility index (Phi) is 4.60. The van der Waals surface area contributed by atoms with Crippen molar-refractivity contribution >= 4 is 40.2 Å². The number of hydrogen-bond donors (Lipinski definition) is 1. The summed E-state index contributed by atoms with van der Waals surface area (Å²) in [6.07, 6.45) is 3.13. The maximum Gasteiger partial charge on any atom is 0.339 e. The fraction of sp³-hybridized carbons (Fsp3) is 0.0769. The van der Waals surface area contributed by atoms with Gasteiger partial charge in [-0.2, -0.15) is 0 Å². The van der Waals surface area contributed by atoms with Gasteiger partial charge < -0.3 is 9.84 Å². The van der Waals surface area contributed by atoms with E-state index in [9.17, 15) is 4.79 Å². The van der Waals surface area contributed by atoms with Crippen LogP contribution in [0.4, 0.5) is 0 Å². The molecule has 1 N–H and O–H groups in total. The van der Waals surface area contributed by atoms with Gasteiger partial charge in [-0.25, -0.2) is 4.79 Å². The number of nitrogens with zero attached hydrogens (tertiary/aromatic N) is 1. The van der Waals surface area contributed by atoms with Crippen LogP contribution < -0.4 is 4.74 Å². The number of hydrogen-bond acceptors (Lipinski definition) is 3. The highest BCUT2D eigenvalue weighted by atomic mass is 127. The smallest absolute Gasteiger partial charge is 0.339 e. The van der Waals surface area contributed by atoms with E-state index in [4.69, 9.17) is 21.4 Å². The zero-order chi connectivity index (χ0) is 13.8. The summed E-state index contributed by atoms with van der Waals surface area (Å²) >= 11 is 8.01. The molecule has 2 aromatic rings. The monoisotopic (exact) mass is 389 g/mol. The standard InChI is InChI=1S/C13H9ClINO3/c14-11-6-16-4-3-8(11)7-19-12-2-1-9(15)5-10(12)13(17)18/h1-6H,7H2,(H,17,18). The summed E-state index contributed by atoms with van der Waals surface area (Å²) < 4.78 is 6.36. The molecule has 19 heavy (non-hydrogen) atoms. The second-order valence-electron chi connectivity index (χ2n) is 3.70. The molecule has 0 amide bonds. The van der Waals surface area contributed by atoms with Gasteiger partial charge in [-0.3, -0.25) is 4.98 Å². The lowest BCUT2D eigenvalue weighted by Crippen LogP contribution is -2.04. The summed E-state index contributed by atoms with van der Waals surface area (Å²) in [4.78, 5) is 15.0. The molecular formula is C13H9ClINO3. The Morgan fingerprint density at radius 1 is 1.42 bits per heavy atom. The molecule has 0 radical (unpaired) electrons. The maximum absolute atomic E-state index is 11.1. The third-order valence-electron chi connectivity index (χ3n) is 2.41. The van der Waals surface area contributed by atoms with E-state index in [0.717, 1.165) is 9.13 Å². The van der Waals surface area contributed by atoms with Crippen molar-refractivity contribution in [3.05, 3.63) is 56.4 Å². The minimum absolute atomic E-state index is 0.136. The van der Waals surface area contributed by atoms with Crippen molar-refractivity contribution in [1.82, 2.24) is 4.98 Å². The van der Waals surface area contributed by atoms with Crippen LogP contribution in [-0.4, -0.2) is 16.1 Å². The highest BCUT2D eigenvalue weighted by Crippen LogP contribution is 2.23. The van der Waals surface area contributed by atoms with Gasteiger partial charge in [0, 0.05) is 21.5 Å². The van der Waals surface area contributed by atoms with Crippen LogP contribution in [-0.2, 0) is 6.61 Å². The number of aromatic carboxylic acids is 1. The molecular weight excluding hydrogens is 381 g/mol. The minimum atomic E-state index is -1.02. The highest BCUT2D eigenvalue weighted by molar-refractivity contribution is 14.1. The van der Waals surface area contributed by atoms with Crippen LogP contribution in [0, 0.1) is 3.57 Å². The molecule has 2 rings (SSSR count). The number of aromatic nitrogens is 1. The summed E-state index contributed by atoms with van der Waals surface area (Å²) in [5.74, 6) is -0.699. The van der Waals surface area contributed by atoms with Crippen LogP contribution in [0.1, 0.15) is 15.9 Å². The Morgan fingerprint density at radius 2 is 2.21 bits per heavy atom. The maximum atomic E-state index is 11.1. The van der Waals surface area contributed by atoms with E-state index in [2.05, 4.69) is 27.6 Å². The van der Waals surface area contributed by atoms with E-state index in [0.29, 0.717) is 10.8 Å². The molecule has 6 heteroatoms. The number of benzene rings is 1. The van der Waals surface area contributed by atoms with Gasteiger partial charge in [-0.05, 0) is 46.9 Å². The van der Waals surface area contributed by atoms with Gasteiger partial charge >= 0.3 is 5.97 Å². The van der Waals surface area contributed by atoms with Gasteiger partial charge in [-0.15, -0.1) is 0 Å². The first-order valence-corrected chi connectivity index (χ1v) is 6.77. The van der Waals surface area contributed by atoms with Crippen molar-refractivity contribution in [3.8, 4) is 5.75 Å². The molecule has 1 aromatic heterocycles. The molecule has 98 valence electrons. The lowest BCUT2D eigenvalue weighted by atomic mass is 10.2. The van der Waals surface area contributed by atoms with Crippen molar-refractivity contribution in [2.45, 2.75) is 6.61 Å². The summed E-state index contributed by atoms with van der Waals surface area (Å²) in [6, 6.07) is 6.72. The Balaban J connectivity index is 2.20. The molecule has 4 nitrogen and oxygen atoms in total. The summed E-state index contributed by atoms with van der Waals surface area (Å²) in [5.41, 5.74) is 0.892. The third kappa shape index (κ3) is 3.57. The lowest BCUT2D eigenvalue weighted by Gasteiger charge is -2.10. The molecule has 0 aliphatic carbocycles. The molecule has 0 saturated carbocycles. The number of carbonyl (C=O) groups is 1. The molecule has 0 saturated heterocycles. The Morgan fingerprint density at radius 3 is 2.89 bits per heavy atom. The van der Waals surface area contributed by atoms with Crippen molar-refractivity contribution in [3.63, 3.8) is 0 Å². The van der Waals surface area contributed by atoms with Crippen molar-refractivity contribution < 1.29 is 14.6 Å². The minimum Gasteiger partial charge on any atom is -0.488 e. The van der Waals surface area contributed by atoms with Gasteiger partial charge in [0.05, 0.1) is 5.02 Å². The second kappa shape index (κ2) is 6.21. The summed E-state index contributed by atoms with van der Waals surface area (Å²) in [7, 11) is 0. The van der Waals surface area contributed by atoms with E-state index >= 15 is 0 Å². The predicted molar refractivity (Wildman–Crippen MR) is 79.7 cm³/mol. The van der Waals surface area contributed by atoms with Crippen molar-refractivity contribution in [2.75, 3.05) is 0 Å². The zero-order valence-electron chi connectivity index (χ0n) is 9.64. The second-order valence-corrected chi connectivity index (χ2v) is 5.35. The number of pyridine rings is 1. The Labute approximate surface area is 128 Å². The van der Waals surface area contributed by atoms with Gasteiger partial charge in [0.1, 0.15) is 17.9 Å². The van der Waals surface area contributed by atoms with Gasteiger partial charge in [0.25, 0.3) is 0 Å². The zero-order valence-corrected chi connectivity index (χ0v) is 12.6.